The minimum Gasteiger partial charge on any atom is -0.325 e. The molecule has 10 heteroatoms. The normalized spacial score (nSPS) is 11.8. The van der Waals surface area contributed by atoms with Crippen LogP contribution in [0.5, 0.6) is 0 Å². The number of carbonyl (C=O) groups excluding carboxylic acids is 1. The van der Waals surface area contributed by atoms with E-state index in [9.17, 15) is 13.2 Å². The number of carbonyl (C=O) groups is 1. The molecule has 2 aromatic carbocycles. The molecule has 0 fully saturated rings. The molecule has 0 saturated carbocycles. The number of aromatic nitrogens is 2. The van der Waals surface area contributed by atoms with Crippen molar-refractivity contribution in [2.75, 3.05) is 25.2 Å². The van der Waals surface area contributed by atoms with Crippen LogP contribution in [0.1, 0.15) is 5.56 Å². The van der Waals surface area contributed by atoms with Gasteiger partial charge >= 0.3 is 0 Å². The van der Waals surface area contributed by atoms with Gasteiger partial charge in [-0.25, -0.2) is 22.7 Å². The molecular formula is C23H22N4O3S3. The summed E-state index contributed by atoms with van der Waals surface area (Å²) in [5.74, 6) is 0.496. The SMILES string of the molecule is Cc1ccc(NC(=O)CSc2nc(-c3cccs3)nc3ccccc23)cc1S(=O)(=O)N(C)C. The third kappa shape index (κ3) is 5.09. The van der Waals surface area contributed by atoms with Gasteiger partial charge in [-0.05, 0) is 42.1 Å². The summed E-state index contributed by atoms with van der Waals surface area (Å²) in [6, 6.07) is 16.5. The zero-order chi connectivity index (χ0) is 23.6. The van der Waals surface area contributed by atoms with Crippen LogP contribution in [0.2, 0.25) is 0 Å². The van der Waals surface area contributed by atoms with Gasteiger partial charge in [0.25, 0.3) is 0 Å². The lowest BCUT2D eigenvalue weighted by atomic mass is 10.2. The van der Waals surface area contributed by atoms with Crippen LogP contribution in [0, 0.1) is 6.92 Å². The van der Waals surface area contributed by atoms with Gasteiger partial charge in [-0.3, -0.25) is 4.79 Å². The summed E-state index contributed by atoms with van der Waals surface area (Å²) in [5, 5.41) is 6.37. The van der Waals surface area contributed by atoms with E-state index in [1.54, 1.807) is 30.4 Å². The van der Waals surface area contributed by atoms with Gasteiger partial charge in [0.1, 0.15) is 5.03 Å². The topological polar surface area (TPSA) is 92.3 Å². The average Bonchev–Trinajstić information content (AvgIpc) is 3.33. The lowest BCUT2D eigenvalue weighted by molar-refractivity contribution is -0.113. The fourth-order valence-corrected chi connectivity index (χ4v) is 5.78. The zero-order valence-electron chi connectivity index (χ0n) is 18.3. The van der Waals surface area contributed by atoms with Crippen LogP contribution >= 0.6 is 23.1 Å². The lowest BCUT2D eigenvalue weighted by Crippen LogP contribution is -2.23. The first-order valence-corrected chi connectivity index (χ1v) is 13.3. The Bertz CT molecular complexity index is 1420. The summed E-state index contributed by atoms with van der Waals surface area (Å²) in [4.78, 5) is 23.2. The van der Waals surface area contributed by atoms with E-state index in [0.717, 1.165) is 25.1 Å². The average molecular weight is 499 g/mol. The van der Waals surface area contributed by atoms with Crippen molar-refractivity contribution < 1.29 is 13.2 Å². The summed E-state index contributed by atoms with van der Waals surface area (Å²) in [5.41, 5.74) is 1.86. The van der Waals surface area contributed by atoms with Crippen molar-refractivity contribution in [3.8, 4) is 10.7 Å². The summed E-state index contributed by atoms with van der Waals surface area (Å²) >= 11 is 2.88. The van der Waals surface area contributed by atoms with Crippen LogP contribution in [0.25, 0.3) is 21.6 Å². The molecule has 1 amide bonds. The molecule has 0 saturated heterocycles. The van der Waals surface area contributed by atoms with E-state index in [4.69, 9.17) is 4.98 Å². The number of nitrogens with one attached hydrogen (secondary N) is 1. The molecule has 0 aliphatic heterocycles. The van der Waals surface area contributed by atoms with Crippen LogP contribution < -0.4 is 5.32 Å². The number of nitrogens with zero attached hydrogens (tertiary/aromatic N) is 3. The van der Waals surface area contributed by atoms with E-state index in [1.807, 2.05) is 41.8 Å². The Morgan fingerprint density at radius 2 is 1.88 bits per heavy atom. The molecule has 0 aliphatic carbocycles. The number of thioether (sulfide) groups is 1. The highest BCUT2D eigenvalue weighted by molar-refractivity contribution is 8.00. The van der Waals surface area contributed by atoms with E-state index in [2.05, 4.69) is 10.3 Å². The Hall–Kier alpha value is -2.79. The standard InChI is InChI=1S/C23H22N4O3S3/c1-15-10-11-16(13-20(15)33(29,30)27(2)3)24-21(28)14-32-23-17-7-4-5-8-18(17)25-22(26-23)19-9-6-12-31-19/h4-13H,14H2,1-3H3,(H,24,28). The number of aryl methyl sites for hydroxylation is 1. The highest BCUT2D eigenvalue weighted by atomic mass is 32.2. The van der Waals surface area contributed by atoms with E-state index >= 15 is 0 Å². The predicted octanol–water partition coefficient (Wildman–Crippen LogP) is 4.65. The third-order valence-electron chi connectivity index (χ3n) is 4.88. The second-order valence-electron chi connectivity index (χ2n) is 7.45. The van der Waals surface area contributed by atoms with Crippen LogP contribution in [0.15, 0.2) is 69.9 Å². The largest absolute Gasteiger partial charge is 0.325 e. The Morgan fingerprint density at radius 3 is 2.61 bits per heavy atom. The highest BCUT2D eigenvalue weighted by Crippen LogP contribution is 2.30. The number of para-hydroxylation sites is 1. The van der Waals surface area contributed by atoms with Gasteiger partial charge in [0.2, 0.25) is 15.9 Å². The molecular weight excluding hydrogens is 476 g/mol. The molecule has 2 heterocycles. The second kappa shape index (κ2) is 9.60. The molecule has 0 aliphatic rings. The van der Waals surface area contributed by atoms with Crippen molar-refractivity contribution in [2.45, 2.75) is 16.8 Å². The van der Waals surface area contributed by atoms with Crippen molar-refractivity contribution in [1.29, 1.82) is 0 Å². The quantitative estimate of drug-likeness (QED) is 0.295. The van der Waals surface area contributed by atoms with Crippen molar-refractivity contribution in [3.63, 3.8) is 0 Å². The first-order chi connectivity index (χ1) is 15.8. The molecule has 0 atom stereocenters. The summed E-state index contributed by atoms with van der Waals surface area (Å²) < 4.78 is 26.3. The van der Waals surface area contributed by atoms with Crippen molar-refractivity contribution in [2.24, 2.45) is 0 Å². The van der Waals surface area contributed by atoms with Gasteiger partial charge in [0.15, 0.2) is 5.82 Å². The van der Waals surface area contributed by atoms with E-state index < -0.39 is 10.0 Å². The maximum Gasteiger partial charge on any atom is 0.242 e. The van der Waals surface area contributed by atoms with Crippen LogP contribution in [-0.4, -0.2) is 48.4 Å². The molecule has 1 N–H and O–H groups in total. The number of anilines is 1. The molecule has 2 aromatic heterocycles. The van der Waals surface area contributed by atoms with E-state index in [1.165, 1.54) is 31.9 Å². The molecule has 0 unspecified atom stereocenters. The van der Waals surface area contributed by atoms with Crippen molar-refractivity contribution in [1.82, 2.24) is 14.3 Å². The minimum absolute atomic E-state index is 0.120. The molecule has 4 rings (SSSR count). The monoisotopic (exact) mass is 498 g/mol. The molecule has 33 heavy (non-hydrogen) atoms. The lowest BCUT2D eigenvalue weighted by Gasteiger charge is -2.15. The van der Waals surface area contributed by atoms with E-state index in [0.29, 0.717) is 17.1 Å². The second-order valence-corrected chi connectivity index (χ2v) is 11.5. The van der Waals surface area contributed by atoms with E-state index in [-0.39, 0.29) is 16.6 Å². The molecule has 0 spiro atoms. The molecule has 7 nitrogen and oxygen atoms in total. The Balaban J connectivity index is 1.54. The number of sulfonamides is 1. The maximum atomic E-state index is 12.7. The van der Waals surface area contributed by atoms with Crippen molar-refractivity contribution in [3.05, 3.63) is 65.5 Å². The van der Waals surface area contributed by atoms with Crippen molar-refractivity contribution >= 4 is 55.6 Å². The molecule has 170 valence electrons. The van der Waals surface area contributed by atoms with Crippen LogP contribution in [0.3, 0.4) is 0 Å². The van der Waals surface area contributed by atoms with Gasteiger partial charge in [-0.15, -0.1) is 11.3 Å². The fourth-order valence-electron chi connectivity index (χ4n) is 3.16. The smallest absolute Gasteiger partial charge is 0.242 e. The van der Waals surface area contributed by atoms with Gasteiger partial charge in [0.05, 0.1) is 21.0 Å². The summed E-state index contributed by atoms with van der Waals surface area (Å²) in [6.07, 6.45) is 0. The molecule has 4 aromatic rings. The number of fused-ring (bicyclic) bond motifs is 1. The first kappa shape index (κ1) is 23.4. The highest BCUT2D eigenvalue weighted by Gasteiger charge is 2.20. The summed E-state index contributed by atoms with van der Waals surface area (Å²) in [7, 11) is -0.652. The number of amides is 1. The van der Waals surface area contributed by atoms with Crippen LogP contribution in [0.4, 0.5) is 5.69 Å². The first-order valence-electron chi connectivity index (χ1n) is 10.0. The molecule has 0 radical (unpaired) electrons. The number of benzene rings is 2. The van der Waals surface area contributed by atoms with Gasteiger partial charge in [-0.2, -0.15) is 0 Å². The zero-order valence-corrected chi connectivity index (χ0v) is 20.7. The number of hydrogen-bond donors (Lipinski definition) is 1. The van der Waals surface area contributed by atoms with Gasteiger partial charge in [-0.1, -0.05) is 42.1 Å². The Labute approximate surface area is 200 Å². The Kier molecular flexibility index (Phi) is 6.80. The third-order valence-corrected chi connectivity index (χ3v) is 8.69. The fraction of sp³-hybridized carbons (Fsp3) is 0.174. The van der Waals surface area contributed by atoms with Gasteiger partial charge < -0.3 is 5.32 Å². The minimum atomic E-state index is -3.61. The predicted molar refractivity (Wildman–Crippen MR) is 134 cm³/mol. The Morgan fingerprint density at radius 1 is 1.09 bits per heavy atom. The molecule has 0 bridgehead atoms. The maximum absolute atomic E-state index is 12.7. The van der Waals surface area contributed by atoms with Gasteiger partial charge in [0, 0.05) is 25.2 Å². The van der Waals surface area contributed by atoms with Crippen LogP contribution in [-0.2, 0) is 14.8 Å². The number of rotatable bonds is 7. The summed E-state index contributed by atoms with van der Waals surface area (Å²) in [6.45, 7) is 1.73. The number of thiophene rings is 1. The number of hydrogen-bond acceptors (Lipinski definition) is 7.